The number of carbonyl (C=O) groups is 2. The van der Waals surface area contributed by atoms with E-state index in [1.165, 1.54) is 0 Å². The van der Waals surface area contributed by atoms with E-state index in [9.17, 15) is 9.59 Å². The number of ketones is 1. The predicted molar refractivity (Wildman–Crippen MR) is 92.6 cm³/mol. The van der Waals surface area contributed by atoms with E-state index in [1.807, 2.05) is 31.2 Å². The first kappa shape index (κ1) is 16.2. The van der Waals surface area contributed by atoms with Crippen molar-refractivity contribution in [1.82, 2.24) is 4.90 Å². The highest BCUT2D eigenvalue weighted by Crippen LogP contribution is 2.25. The van der Waals surface area contributed by atoms with Crippen molar-refractivity contribution in [2.24, 2.45) is 0 Å². The molecule has 0 aromatic heterocycles. The lowest BCUT2D eigenvalue weighted by atomic mass is 10.0. The number of rotatable bonds is 4. The Labute approximate surface area is 142 Å². The number of likely N-dealkylation sites (tertiary alicyclic amines) is 1. The van der Waals surface area contributed by atoms with Crippen LogP contribution in [0.25, 0.3) is 0 Å². The number of methoxy groups -OCH3 is 1. The van der Waals surface area contributed by atoms with Gasteiger partial charge in [-0.2, -0.15) is 0 Å². The van der Waals surface area contributed by atoms with Crippen LogP contribution in [0.1, 0.15) is 39.1 Å². The van der Waals surface area contributed by atoms with E-state index in [0.717, 1.165) is 12.0 Å². The Hall–Kier alpha value is -2.62. The maximum atomic E-state index is 12.8. The van der Waals surface area contributed by atoms with Crippen LogP contribution in [0.4, 0.5) is 0 Å². The monoisotopic (exact) mass is 323 g/mol. The summed E-state index contributed by atoms with van der Waals surface area (Å²) in [5, 5.41) is 0. The fraction of sp³-hybridized carbons (Fsp3) is 0.300. The van der Waals surface area contributed by atoms with Gasteiger partial charge in [0.15, 0.2) is 5.78 Å². The highest BCUT2D eigenvalue weighted by atomic mass is 16.5. The van der Waals surface area contributed by atoms with Crippen LogP contribution in [0.15, 0.2) is 48.5 Å². The summed E-state index contributed by atoms with van der Waals surface area (Å²) in [6, 6.07) is 14.2. The molecule has 24 heavy (non-hydrogen) atoms. The van der Waals surface area contributed by atoms with E-state index in [2.05, 4.69) is 0 Å². The molecule has 4 nitrogen and oxygen atoms in total. The second-order valence-electron chi connectivity index (χ2n) is 6.12. The predicted octanol–water partition coefficient (Wildman–Crippen LogP) is 3.49. The van der Waals surface area contributed by atoms with Crippen molar-refractivity contribution in [3.8, 4) is 5.75 Å². The van der Waals surface area contributed by atoms with Crippen LogP contribution in [0.3, 0.4) is 0 Å². The van der Waals surface area contributed by atoms with Gasteiger partial charge in [-0.1, -0.05) is 35.9 Å². The first-order valence-corrected chi connectivity index (χ1v) is 8.16. The number of carbonyl (C=O) groups excluding carboxylic acids is 2. The molecule has 124 valence electrons. The van der Waals surface area contributed by atoms with E-state index in [4.69, 9.17) is 4.74 Å². The van der Waals surface area contributed by atoms with Gasteiger partial charge in [0.25, 0.3) is 5.91 Å². The molecular weight excluding hydrogens is 302 g/mol. The van der Waals surface area contributed by atoms with Crippen LogP contribution in [-0.2, 0) is 0 Å². The Balaban J connectivity index is 1.83. The molecule has 0 bridgehead atoms. The van der Waals surface area contributed by atoms with Crippen molar-refractivity contribution in [1.29, 1.82) is 0 Å². The Kier molecular flexibility index (Phi) is 4.65. The van der Waals surface area contributed by atoms with E-state index >= 15 is 0 Å². The molecule has 0 aliphatic carbocycles. The number of Topliss-reactive ketones (excluding diaryl/α,β-unsaturated/α-hetero) is 1. The quantitative estimate of drug-likeness (QED) is 0.809. The highest BCUT2D eigenvalue weighted by molar-refractivity contribution is 6.04. The van der Waals surface area contributed by atoms with Gasteiger partial charge in [0.2, 0.25) is 0 Å². The number of hydrogen-bond acceptors (Lipinski definition) is 3. The van der Waals surface area contributed by atoms with Crippen molar-refractivity contribution in [3.63, 3.8) is 0 Å². The molecule has 0 spiro atoms. The third-order valence-corrected chi connectivity index (χ3v) is 4.47. The lowest BCUT2D eigenvalue weighted by Gasteiger charge is -2.24. The summed E-state index contributed by atoms with van der Waals surface area (Å²) in [5.74, 6) is 0.544. The second-order valence-corrected chi connectivity index (χ2v) is 6.12. The van der Waals surface area contributed by atoms with E-state index in [-0.39, 0.29) is 17.7 Å². The van der Waals surface area contributed by atoms with Crippen LogP contribution < -0.4 is 4.74 Å². The number of nitrogens with zero attached hydrogens (tertiary/aromatic N) is 1. The van der Waals surface area contributed by atoms with Crippen LogP contribution in [0.2, 0.25) is 0 Å². The molecule has 1 fully saturated rings. The zero-order valence-corrected chi connectivity index (χ0v) is 14.0. The average Bonchev–Trinajstić information content (AvgIpc) is 3.11. The molecule has 0 N–H and O–H groups in total. The molecule has 4 heteroatoms. The summed E-state index contributed by atoms with van der Waals surface area (Å²) in [6.07, 6.45) is 1.56. The van der Waals surface area contributed by atoms with Crippen LogP contribution in [0, 0.1) is 6.92 Å². The minimum absolute atomic E-state index is 0.0174. The maximum absolute atomic E-state index is 12.8. The summed E-state index contributed by atoms with van der Waals surface area (Å²) in [6.45, 7) is 2.60. The number of aryl methyl sites for hydroxylation is 1. The van der Waals surface area contributed by atoms with Gasteiger partial charge in [0, 0.05) is 17.7 Å². The number of benzene rings is 2. The Morgan fingerprint density at radius 3 is 2.54 bits per heavy atom. The van der Waals surface area contributed by atoms with Gasteiger partial charge in [-0.05, 0) is 38.0 Å². The number of hydrogen-bond donors (Lipinski definition) is 0. The fourth-order valence-electron chi connectivity index (χ4n) is 3.11. The van der Waals surface area contributed by atoms with E-state index < -0.39 is 0 Å². The van der Waals surface area contributed by atoms with E-state index in [1.54, 1.807) is 36.3 Å². The average molecular weight is 323 g/mol. The third kappa shape index (κ3) is 3.18. The maximum Gasteiger partial charge on any atom is 0.254 e. The normalized spacial score (nSPS) is 16.9. The van der Waals surface area contributed by atoms with Gasteiger partial charge in [0.05, 0.1) is 13.2 Å². The summed E-state index contributed by atoms with van der Waals surface area (Å²) in [7, 11) is 1.57. The van der Waals surface area contributed by atoms with Crippen molar-refractivity contribution in [3.05, 3.63) is 65.2 Å². The lowest BCUT2D eigenvalue weighted by molar-refractivity contribution is 0.0671. The van der Waals surface area contributed by atoms with Gasteiger partial charge < -0.3 is 9.64 Å². The minimum Gasteiger partial charge on any atom is -0.497 e. The van der Waals surface area contributed by atoms with Crippen LogP contribution in [0.5, 0.6) is 5.75 Å². The molecule has 0 saturated carbocycles. The molecule has 3 rings (SSSR count). The van der Waals surface area contributed by atoms with Crippen LogP contribution in [-0.4, -0.2) is 36.3 Å². The summed E-state index contributed by atoms with van der Waals surface area (Å²) < 4.78 is 5.18. The molecule has 1 unspecified atom stereocenters. The molecule has 1 aliphatic heterocycles. The highest BCUT2D eigenvalue weighted by Gasteiger charge is 2.34. The second kappa shape index (κ2) is 6.87. The topological polar surface area (TPSA) is 46.6 Å². The molecule has 2 aromatic carbocycles. The first-order chi connectivity index (χ1) is 11.6. The number of amides is 1. The van der Waals surface area contributed by atoms with Crippen LogP contribution >= 0.6 is 0 Å². The SMILES string of the molecule is COc1cccc(C(=O)N2CCCC2C(=O)c2ccc(C)cc2)c1. The van der Waals surface area contributed by atoms with Gasteiger partial charge in [-0.25, -0.2) is 0 Å². The molecule has 1 aliphatic rings. The fourth-order valence-corrected chi connectivity index (χ4v) is 3.11. The van der Waals surface area contributed by atoms with Gasteiger partial charge >= 0.3 is 0 Å². The standard InChI is InChI=1S/C20H21NO3/c1-14-8-10-15(11-9-14)19(22)18-7-4-12-21(18)20(23)16-5-3-6-17(13-16)24-2/h3,5-6,8-11,13,18H,4,7,12H2,1-2H3. The summed E-state index contributed by atoms with van der Waals surface area (Å²) in [4.78, 5) is 27.3. The number of ether oxygens (including phenoxy) is 1. The zero-order chi connectivity index (χ0) is 17.1. The molecule has 2 aromatic rings. The largest absolute Gasteiger partial charge is 0.497 e. The Morgan fingerprint density at radius 2 is 1.83 bits per heavy atom. The zero-order valence-electron chi connectivity index (χ0n) is 14.0. The van der Waals surface area contributed by atoms with Gasteiger partial charge in [-0.3, -0.25) is 9.59 Å². The molecule has 1 amide bonds. The molecular formula is C20H21NO3. The molecule has 1 heterocycles. The van der Waals surface area contributed by atoms with Gasteiger partial charge in [0.1, 0.15) is 5.75 Å². The van der Waals surface area contributed by atoms with Crippen molar-refractivity contribution in [2.75, 3.05) is 13.7 Å². The minimum atomic E-state index is -0.383. The van der Waals surface area contributed by atoms with Gasteiger partial charge in [-0.15, -0.1) is 0 Å². The van der Waals surface area contributed by atoms with Crippen molar-refractivity contribution >= 4 is 11.7 Å². The van der Waals surface area contributed by atoms with Crippen molar-refractivity contribution in [2.45, 2.75) is 25.8 Å². The third-order valence-electron chi connectivity index (χ3n) is 4.47. The Bertz CT molecular complexity index is 752. The molecule has 1 atom stereocenters. The summed E-state index contributed by atoms with van der Waals surface area (Å²) in [5.41, 5.74) is 2.33. The first-order valence-electron chi connectivity index (χ1n) is 8.16. The Morgan fingerprint density at radius 1 is 1.08 bits per heavy atom. The smallest absolute Gasteiger partial charge is 0.254 e. The van der Waals surface area contributed by atoms with Crippen molar-refractivity contribution < 1.29 is 14.3 Å². The molecule has 0 radical (unpaired) electrons. The summed E-state index contributed by atoms with van der Waals surface area (Å²) >= 11 is 0. The lowest BCUT2D eigenvalue weighted by Crippen LogP contribution is -2.40. The van der Waals surface area contributed by atoms with E-state index in [0.29, 0.717) is 29.8 Å². The molecule has 1 saturated heterocycles.